The van der Waals surface area contributed by atoms with Crippen LogP contribution in [0.1, 0.15) is 5.56 Å². The van der Waals surface area contributed by atoms with Crippen LogP contribution in [-0.2, 0) is 21.1 Å². The molecule has 2 aliphatic heterocycles. The van der Waals surface area contributed by atoms with Crippen LogP contribution in [0.25, 0.3) is 0 Å². The molecule has 2 heterocycles. The van der Waals surface area contributed by atoms with Gasteiger partial charge in [-0.1, -0.05) is 64.8 Å². The number of halogens is 3. The molecule has 0 bridgehead atoms. The van der Waals surface area contributed by atoms with Crippen LogP contribution >= 0.6 is 46.6 Å². The number of fused-ring (bicyclic) bond motifs is 1. The number of amidine groups is 1. The Kier molecular flexibility index (Phi) is 5.88. The third-order valence-electron chi connectivity index (χ3n) is 4.75. The first-order chi connectivity index (χ1) is 13.7. The highest BCUT2D eigenvalue weighted by atomic mass is 35.5. The lowest BCUT2D eigenvalue weighted by Gasteiger charge is -2.25. The van der Waals surface area contributed by atoms with Gasteiger partial charge in [0, 0.05) is 10.3 Å². The minimum Gasteiger partial charge on any atom is -0.314 e. The molecule has 152 valence electrons. The molecule has 0 N–H and O–H groups in total. The first-order valence-corrected chi connectivity index (χ1v) is 12.5. The van der Waals surface area contributed by atoms with E-state index < -0.39 is 9.84 Å². The van der Waals surface area contributed by atoms with Gasteiger partial charge in [-0.15, -0.1) is 0 Å². The Morgan fingerprint density at radius 2 is 1.83 bits per heavy atom. The molecule has 2 aromatic rings. The Morgan fingerprint density at radius 3 is 2.55 bits per heavy atom. The van der Waals surface area contributed by atoms with E-state index in [-0.39, 0.29) is 35.1 Å². The molecule has 29 heavy (non-hydrogen) atoms. The van der Waals surface area contributed by atoms with Crippen LogP contribution in [0.3, 0.4) is 0 Å². The Morgan fingerprint density at radius 1 is 1.10 bits per heavy atom. The van der Waals surface area contributed by atoms with Gasteiger partial charge in [0.2, 0.25) is 0 Å². The SMILES string of the molecule is O=C(Cc1ccc(Cl)cc1)N=C1S[C@@H]2CS(=O)(=O)C[C@H]2N1c1cccc(Cl)c1Cl. The molecule has 2 atom stereocenters. The second-order valence-electron chi connectivity index (χ2n) is 6.83. The lowest BCUT2D eigenvalue weighted by atomic mass is 10.1. The number of amides is 1. The third-order valence-corrected chi connectivity index (χ3v) is 9.02. The fourth-order valence-corrected chi connectivity index (χ4v) is 7.88. The second-order valence-corrected chi connectivity index (χ2v) is 11.4. The Labute approximate surface area is 188 Å². The first-order valence-electron chi connectivity index (χ1n) is 8.70. The average Bonchev–Trinajstić information content (AvgIpc) is 3.10. The predicted molar refractivity (Wildman–Crippen MR) is 120 cm³/mol. The minimum absolute atomic E-state index is 0.0160. The molecular formula is C19H15Cl3N2O3S2. The summed E-state index contributed by atoms with van der Waals surface area (Å²) in [6.07, 6.45) is 0.117. The van der Waals surface area contributed by atoms with Crippen LogP contribution in [0, 0.1) is 0 Å². The van der Waals surface area contributed by atoms with Crippen molar-refractivity contribution in [2.75, 3.05) is 16.4 Å². The molecule has 0 unspecified atom stereocenters. The molecule has 0 aliphatic carbocycles. The molecule has 2 aromatic carbocycles. The summed E-state index contributed by atoms with van der Waals surface area (Å²) in [6, 6.07) is 11.8. The molecule has 2 fully saturated rings. The van der Waals surface area contributed by atoms with Gasteiger partial charge in [0.25, 0.3) is 5.91 Å². The zero-order chi connectivity index (χ0) is 20.8. The van der Waals surface area contributed by atoms with Gasteiger partial charge in [0.05, 0.1) is 39.7 Å². The van der Waals surface area contributed by atoms with Gasteiger partial charge in [-0.05, 0) is 29.8 Å². The number of aliphatic imine (C=N–C) groups is 1. The van der Waals surface area contributed by atoms with Crippen molar-refractivity contribution in [3.8, 4) is 0 Å². The summed E-state index contributed by atoms with van der Waals surface area (Å²) in [7, 11) is -3.16. The van der Waals surface area contributed by atoms with Crippen LogP contribution in [0.5, 0.6) is 0 Å². The van der Waals surface area contributed by atoms with E-state index in [1.165, 1.54) is 11.8 Å². The number of thioether (sulfide) groups is 1. The van der Waals surface area contributed by atoms with Crippen LogP contribution in [-0.4, -0.2) is 42.3 Å². The Hall–Kier alpha value is -1.25. The van der Waals surface area contributed by atoms with Crippen molar-refractivity contribution in [3.63, 3.8) is 0 Å². The maximum atomic E-state index is 12.6. The van der Waals surface area contributed by atoms with Crippen molar-refractivity contribution in [2.45, 2.75) is 17.7 Å². The van der Waals surface area contributed by atoms with Crippen molar-refractivity contribution in [2.24, 2.45) is 4.99 Å². The number of benzene rings is 2. The van der Waals surface area contributed by atoms with Crippen molar-refractivity contribution >= 4 is 73.2 Å². The zero-order valence-electron chi connectivity index (χ0n) is 14.9. The number of hydrogen-bond donors (Lipinski definition) is 0. The molecule has 0 aromatic heterocycles. The minimum atomic E-state index is -3.16. The third kappa shape index (κ3) is 4.44. The largest absolute Gasteiger partial charge is 0.314 e. The maximum absolute atomic E-state index is 12.6. The summed E-state index contributed by atoms with van der Waals surface area (Å²) in [4.78, 5) is 18.6. The van der Waals surface area contributed by atoms with E-state index >= 15 is 0 Å². The van der Waals surface area contributed by atoms with Crippen molar-refractivity contribution in [1.29, 1.82) is 0 Å². The van der Waals surface area contributed by atoms with Crippen LogP contribution in [0.2, 0.25) is 15.1 Å². The molecule has 0 spiro atoms. The van der Waals surface area contributed by atoms with Gasteiger partial charge < -0.3 is 4.90 Å². The number of carbonyl (C=O) groups is 1. The number of carbonyl (C=O) groups excluding carboxylic acids is 1. The molecule has 10 heteroatoms. The normalized spacial score (nSPS) is 24.1. The highest BCUT2D eigenvalue weighted by molar-refractivity contribution is 8.16. The summed E-state index contributed by atoms with van der Waals surface area (Å²) >= 11 is 19.7. The van der Waals surface area contributed by atoms with Crippen LogP contribution < -0.4 is 4.90 Å². The average molecular weight is 490 g/mol. The summed E-state index contributed by atoms with van der Waals surface area (Å²) in [5.41, 5.74) is 1.34. The lowest BCUT2D eigenvalue weighted by Crippen LogP contribution is -2.38. The van der Waals surface area contributed by atoms with Crippen molar-refractivity contribution in [3.05, 3.63) is 63.1 Å². The number of nitrogens with zero attached hydrogens (tertiary/aromatic N) is 2. The monoisotopic (exact) mass is 488 g/mol. The Bertz CT molecular complexity index is 1100. The second kappa shape index (κ2) is 8.12. The number of sulfone groups is 1. The van der Waals surface area contributed by atoms with Gasteiger partial charge in [-0.3, -0.25) is 4.79 Å². The number of anilines is 1. The number of hydrogen-bond acceptors (Lipinski definition) is 4. The van der Waals surface area contributed by atoms with Gasteiger partial charge >= 0.3 is 0 Å². The predicted octanol–water partition coefficient (Wildman–Crippen LogP) is 4.49. The highest BCUT2D eigenvalue weighted by Gasteiger charge is 2.49. The van der Waals surface area contributed by atoms with E-state index in [1.54, 1.807) is 47.4 Å². The molecule has 5 nitrogen and oxygen atoms in total. The topological polar surface area (TPSA) is 66.8 Å². The Balaban J connectivity index is 1.67. The van der Waals surface area contributed by atoms with E-state index in [0.29, 0.717) is 25.9 Å². The maximum Gasteiger partial charge on any atom is 0.252 e. The number of rotatable bonds is 3. The summed E-state index contributed by atoms with van der Waals surface area (Å²) < 4.78 is 24.3. The standard InChI is InChI=1S/C19H15Cl3N2O3S2/c20-12-6-4-11(5-7-12)8-17(25)23-19-24(14-3-1-2-13(21)18(14)22)15-9-29(26,27)10-16(15)28-19/h1-7,15-16H,8-10H2/t15-,16-/m1/s1. The molecule has 0 radical (unpaired) electrons. The lowest BCUT2D eigenvalue weighted by molar-refractivity contribution is -0.117. The molecular weight excluding hydrogens is 475 g/mol. The quantitative estimate of drug-likeness (QED) is 0.635. The highest BCUT2D eigenvalue weighted by Crippen LogP contribution is 2.44. The molecule has 1 amide bonds. The molecule has 4 rings (SSSR count). The van der Waals surface area contributed by atoms with E-state index in [2.05, 4.69) is 4.99 Å². The van der Waals surface area contributed by atoms with Gasteiger partial charge in [-0.25, -0.2) is 8.42 Å². The fourth-order valence-electron chi connectivity index (χ4n) is 3.45. The zero-order valence-corrected chi connectivity index (χ0v) is 18.8. The first kappa shape index (κ1) is 21.0. The van der Waals surface area contributed by atoms with Gasteiger partial charge in [0.15, 0.2) is 15.0 Å². The van der Waals surface area contributed by atoms with Crippen molar-refractivity contribution in [1.82, 2.24) is 0 Å². The van der Waals surface area contributed by atoms with E-state index in [0.717, 1.165) is 5.56 Å². The summed E-state index contributed by atoms with van der Waals surface area (Å²) in [5.74, 6) is -0.305. The molecule has 0 saturated carbocycles. The van der Waals surface area contributed by atoms with E-state index in [9.17, 15) is 13.2 Å². The van der Waals surface area contributed by atoms with E-state index in [1.807, 2.05) is 0 Å². The van der Waals surface area contributed by atoms with Crippen LogP contribution in [0.4, 0.5) is 5.69 Å². The van der Waals surface area contributed by atoms with Crippen molar-refractivity contribution < 1.29 is 13.2 Å². The smallest absolute Gasteiger partial charge is 0.252 e. The van der Waals surface area contributed by atoms with Crippen LogP contribution in [0.15, 0.2) is 47.5 Å². The summed E-state index contributed by atoms with van der Waals surface area (Å²) in [5, 5.41) is 1.48. The molecule has 2 aliphatic rings. The van der Waals surface area contributed by atoms with Gasteiger partial charge in [-0.2, -0.15) is 4.99 Å². The fraction of sp³-hybridized carbons (Fsp3) is 0.263. The van der Waals surface area contributed by atoms with E-state index in [4.69, 9.17) is 34.8 Å². The summed E-state index contributed by atoms with van der Waals surface area (Å²) in [6.45, 7) is 0. The van der Waals surface area contributed by atoms with Gasteiger partial charge in [0.1, 0.15) is 0 Å². The molecule has 2 saturated heterocycles.